The topological polar surface area (TPSA) is 143 Å². The number of amides is 2. The van der Waals surface area contributed by atoms with E-state index in [1.165, 1.54) is 0 Å². The summed E-state index contributed by atoms with van der Waals surface area (Å²) in [6.07, 6.45) is 8.14. The molecular formula is C37H40Cl2N8O4. The number of methoxy groups -OCH3 is 2. The standard InChI is InChI=1S/C37H40Cl2N8O4/c1-50-35-29(18-40-17-22-9-10-31(48)43-22)41-19-27(44-35)25-7-3-5-23(33(25)38)24-6-4-8-26(34(24)39)28-20-42-30(36(45-28)51-2)21-47-15-13-37(14-16-47)12-11-32(49)46-37/h3-8,19-20,22,40H,9-18,21H2,1-2H3,(H,43,48)(H,46,49). The van der Waals surface area contributed by atoms with Gasteiger partial charge in [0, 0.05) is 79.4 Å². The van der Waals surface area contributed by atoms with Crippen LogP contribution in [0.4, 0.5) is 0 Å². The number of halogens is 2. The molecule has 2 amide bonds. The van der Waals surface area contributed by atoms with Crippen LogP contribution in [-0.4, -0.2) is 82.1 Å². The molecule has 3 fully saturated rings. The third-order valence-corrected chi connectivity index (χ3v) is 10.9. The molecule has 7 rings (SSSR count). The molecule has 2 aromatic heterocycles. The van der Waals surface area contributed by atoms with Crippen LogP contribution in [0.25, 0.3) is 33.6 Å². The molecule has 0 aliphatic carbocycles. The van der Waals surface area contributed by atoms with E-state index in [9.17, 15) is 9.59 Å². The molecule has 5 heterocycles. The molecule has 12 nitrogen and oxygen atoms in total. The first-order chi connectivity index (χ1) is 24.8. The van der Waals surface area contributed by atoms with Crippen molar-refractivity contribution in [1.29, 1.82) is 0 Å². The number of piperidine rings is 1. The Balaban J connectivity index is 1.08. The highest BCUT2D eigenvalue weighted by molar-refractivity contribution is 6.39. The highest BCUT2D eigenvalue weighted by Gasteiger charge is 2.40. The summed E-state index contributed by atoms with van der Waals surface area (Å²) in [6.45, 7) is 3.40. The Labute approximate surface area is 306 Å². The second-order valence-electron chi connectivity index (χ2n) is 13.3. The van der Waals surface area contributed by atoms with Gasteiger partial charge in [-0.1, -0.05) is 59.6 Å². The molecule has 3 saturated heterocycles. The maximum Gasteiger partial charge on any atom is 0.237 e. The normalized spacial score (nSPS) is 18.5. The second kappa shape index (κ2) is 15.1. The molecule has 1 atom stereocenters. The number of hydrogen-bond donors (Lipinski definition) is 3. The largest absolute Gasteiger partial charge is 0.480 e. The zero-order chi connectivity index (χ0) is 35.5. The summed E-state index contributed by atoms with van der Waals surface area (Å²) in [5, 5.41) is 10.4. The number of nitrogens with zero attached hydrogens (tertiary/aromatic N) is 5. The van der Waals surface area contributed by atoms with Crippen LogP contribution >= 0.6 is 23.2 Å². The molecular weight excluding hydrogens is 691 g/mol. The fourth-order valence-electron chi connectivity index (χ4n) is 7.18. The van der Waals surface area contributed by atoms with Gasteiger partial charge in [-0.15, -0.1) is 0 Å². The number of nitrogens with one attached hydrogen (secondary N) is 3. The highest BCUT2D eigenvalue weighted by atomic mass is 35.5. The molecule has 14 heteroatoms. The first-order valence-corrected chi connectivity index (χ1v) is 17.9. The summed E-state index contributed by atoms with van der Waals surface area (Å²) < 4.78 is 11.3. The third kappa shape index (κ3) is 7.50. The van der Waals surface area contributed by atoms with Gasteiger partial charge in [0.05, 0.1) is 48.0 Å². The van der Waals surface area contributed by atoms with E-state index in [2.05, 4.69) is 25.8 Å². The third-order valence-electron chi connectivity index (χ3n) is 10.0. The van der Waals surface area contributed by atoms with E-state index in [1.807, 2.05) is 36.4 Å². The number of aromatic nitrogens is 4. The highest BCUT2D eigenvalue weighted by Crippen LogP contribution is 2.42. The van der Waals surface area contributed by atoms with Crippen LogP contribution in [0, 0.1) is 0 Å². The van der Waals surface area contributed by atoms with Crippen LogP contribution in [-0.2, 0) is 22.7 Å². The van der Waals surface area contributed by atoms with Crippen molar-refractivity contribution in [2.75, 3.05) is 33.9 Å². The molecule has 0 bridgehead atoms. The molecule has 2 aromatic carbocycles. The van der Waals surface area contributed by atoms with E-state index in [1.54, 1.807) is 26.6 Å². The lowest BCUT2D eigenvalue weighted by Crippen LogP contribution is -2.50. The lowest BCUT2D eigenvalue weighted by Gasteiger charge is -2.39. The SMILES string of the molecule is COc1nc(-c2cccc(-c3cccc(-c4cnc(CN5CCC6(CCC(=O)N6)CC5)c(OC)n4)c3Cl)c2Cl)cnc1CNCC1CCC(=O)N1. The molecule has 3 N–H and O–H groups in total. The Morgan fingerprint density at radius 3 is 1.96 bits per heavy atom. The Hall–Kier alpha value is -4.36. The Morgan fingerprint density at radius 1 is 0.824 bits per heavy atom. The van der Waals surface area contributed by atoms with Gasteiger partial charge in [0.25, 0.3) is 0 Å². The summed E-state index contributed by atoms with van der Waals surface area (Å²) in [6, 6.07) is 11.5. The fourth-order valence-corrected chi connectivity index (χ4v) is 7.83. The van der Waals surface area contributed by atoms with Crippen LogP contribution < -0.4 is 25.4 Å². The van der Waals surface area contributed by atoms with Crippen LogP contribution in [0.2, 0.25) is 10.0 Å². The lowest BCUT2D eigenvalue weighted by atomic mass is 9.86. The minimum absolute atomic E-state index is 0.0583. The summed E-state index contributed by atoms with van der Waals surface area (Å²) in [5.74, 6) is 1.07. The number of likely N-dealkylation sites (tertiary alicyclic amines) is 1. The van der Waals surface area contributed by atoms with Gasteiger partial charge in [0.1, 0.15) is 11.4 Å². The van der Waals surface area contributed by atoms with Crippen LogP contribution in [0.3, 0.4) is 0 Å². The van der Waals surface area contributed by atoms with E-state index < -0.39 is 0 Å². The molecule has 3 aliphatic rings. The summed E-state index contributed by atoms with van der Waals surface area (Å²) in [7, 11) is 3.15. The first-order valence-electron chi connectivity index (χ1n) is 17.2. The monoisotopic (exact) mass is 730 g/mol. The van der Waals surface area contributed by atoms with Gasteiger partial charge in [-0.05, 0) is 25.7 Å². The Morgan fingerprint density at radius 2 is 1.41 bits per heavy atom. The van der Waals surface area contributed by atoms with Gasteiger partial charge in [-0.2, -0.15) is 0 Å². The predicted octanol–water partition coefficient (Wildman–Crippen LogP) is 5.20. The molecule has 1 spiro atoms. The van der Waals surface area contributed by atoms with E-state index in [0.717, 1.165) is 55.6 Å². The maximum atomic E-state index is 11.8. The smallest absolute Gasteiger partial charge is 0.237 e. The average Bonchev–Trinajstić information content (AvgIpc) is 3.73. The zero-order valence-corrected chi connectivity index (χ0v) is 30.1. The Bertz CT molecular complexity index is 1950. The minimum Gasteiger partial charge on any atom is -0.480 e. The number of rotatable bonds is 11. The summed E-state index contributed by atoms with van der Waals surface area (Å²) >= 11 is 14.2. The average molecular weight is 732 g/mol. The maximum absolute atomic E-state index is 11.8. The number of benzene rings is 2. The quantitative estimate of drug-likeness (QED) is 0.188. The fraction of sp³-hybridized carbons (Fsp3) is 0.405. The molecule has 51 heavy (non-hydrogen) atoms. The first kappa shape index (κ1) is 35.1. The van der Waals surface area contributed by atoms with Gasteiger partial charge in [-0.25, -0.2) is 9.97 Å². The zero-order valence-electron chi connectivity index (χ0n) is 28.6. The van der Waals surface area contributed by atoms with Crippen LogP contribution in [0.1, 0.15) is 49.9 Å². The van der Waals surface area contributed by atoms with Crippen molar-refractivity contribution in [2.45, 2.75) is 63.2 Å². The van der Waals surface area contributed by atoms with Crippen LogP contribution in [0.15, 0.2) is 48.8 Å². The van der Waals surface area contributed by atoms with Crippen molar-refractivity contribution in [1.82, 2.24) is 40.8 Å². The van der Waals surface area contributed by atoms with Crippen molar-refractivity contribution >= 4 is 35.0 Å². The van der Waals surface area contributed by atoms with Crippen molar-refractivity contribution < 1.29 is 19.1 Å². The second-order valence-corrected chi connectivity index (χ2v) is 14.1. The molecule has 1 unspecified atom stereocenters. The molecule has 3 aliphatic heterocycles. The predicted molar refractivity (Wildman–Crippen MR) is 195 cm³/mol. The minimum atomic E-state index is -0.0583. The summed E-state index contributed by atoms with van der Waals surface area (Å²) in [4.78, 5) is 44.6. The van der Waals surface area contributed by atoms with E-state index >= 15 is 0 Å². The number of ether oxygens (including phenoxy) is 2. The molecule has 4 aromatic rings. The van der Waals surface area contributed by atoms with Gasteiger partial charge in [-0.3, -0.25) is 24.5 Å². The van der Waals surface area contributed by atoms with E-state index in [-0.39, 0.29) is 23.4 Å². The van der Waals surface area contributed by atoms with E-state index in [0.29, 0.717) is 82.5 Å². The van der Waals surface area contributed by atoms with Crippen molar-refractivity contribution in [3.05, 3.63) is 70.2 Å². The van der Waals surface area contributed by atoms with Gasteiger partial charge < -0.3 is 25.4 Å². The van der Waals surface area contributed by atoms with Crippen molar-refractivity contribution in [3.8, 4) is 45.4 Å². The molecule has 0 radical (unpaired) electrons. The Kier molecular flexibility index (Phi) is 10.4. The summed E-state index contributed by atoms with van der Waals surface area (Å²) in [5.41, 5.74) is 5.31. The van der Waals surface area contributed by atoms with Gasteiger partial charge in [0.15, 0.2) is 0 Å². The molecule has 0 saturated carbocycles. The van der Waals surface area contributed by atoms with Crippen molar-refractivity contribution in [2.24, 2.45) is 0 Å². The van der Waals surface area contributed by atoms with Gasteiger partial charge >= 0.3 is 0 Å². The van der Waals surface area contributed by atoms with E-state index in [4.69, 9.17) is 47.6 Å². The number of carbonyl (C=O) groups is 2. The van der Waals surface area contributed by atoms with Crippen molar-refractivity contribution in [3.63, 3.8) is 0 Å². The lowest BCUT2D eigenvalue weighted by molar-refractivity contribution is -0.120. The number of hydrogen-bond acceptors (Lipinski definition) is 10. The molecule has 266 valence electrons. The van der Waals surface area contributed by atoms with Gasteiger partial charge in [0.2, 0.25) is 23.6 Å². The van der Waals surface area contributed by atoms with Crippen LogP contribution in [0.5, 0.6) is 11.8 Å². The number of carbonyl (C=O) groups excluding carboxylic acids is 2.